The fourth-order valence-electron chi connectivity index (χ4n) is 3.13. The Morgan fingerprint density at radius 2 is 2.10 bits per heavy atom. The zero-order valence-corrected chi connectivity index (χ0v) is 14.0. The standard InChI is InChI=1S/C15H24N2O3S/c1-5-17-11(2)8-14(12(17)3)15(18)9-16(4)13-6-7-21(19,20)10-13/h8,13H,5-7,9-10H2,1-4H3. The molecule has 5 nitrogen and oxygen atoms in total. The molecule has 0 N–H and O–H groups in total. The summed E-state index contributed by atoms with van der Waals surface area (Å²) >= 11 is 0. The summed E-state index contributed by atoms with van der Waals surface area (Å²) in [6.45, 7) is 7.14. The fourth-order valence-corrected chi connectivity index (χ4v) is 4.94. The van der Waals surface area contributed by atoms with Crippen LogP contribution in [0.4, 0.5) is 0 Å². The van der Waals surface area contributed by atoms with Crippen LogP contribution in [0.15, 0.2) is 6.07 Å². The summed E-state index contributed by atoms with van der Waals surface area (Å²) < 4.78 is 25.2. The van der Waals surface area contributed by atoms with Crippen molar-refractivity contribution in [3.05, 3.63) is 23.0 Å². The van der Waals surface area contributed by atoms with Gasteiger partial charge < -0.3 is 4.57 Å². The highest BCUT2D eigenvalue weighted by molar-refractivity contribution is 7.91. The third kappa shape index (κ3) is 3.37. The van der Waals surface area contributed by atoms with Gasteiger partial charge in [0.05, 0.1) is 18.1 Å². The highest BCUT2D eigenvalue weighted by Gasteiger charge is 2.31. The van der Waals surface area contributed by atoms with Crippen LogP contribution in [0, 0.1) is 13.8 Å². The van der Waals surface area contributed by atoms with Crippen LogP contribution >= 0.6 is 0 Å². The number of carbonyl (C=O) groups excluding carboxylic acids is 1. The Morgan fingerprint density at radius 1 is 1.43 bits per heavy atom. The largest absolute Gasteiger partial charge is 0.349 e. The number of rotatable bonds is 5. The number of hydrogen-bond acceptors (Lipinski definition) is 4. The van der Waals surface area contributed by atoms with Crippen LogP contribution in [0.5, 0.6) is 0 Å². The van der Waals surface area contributed by atoms with Crippen molar-refractivity contribution in [3.8, 4) is 0 Å². The maximum atomic E-state index is 12.5. The van der Waals surface area contributed by atoms with Gasteiger partial charge in [0.2, 0.25) is 0 Å². The Bertz CT molecular complexity index is 646. The summed E-state index contributed by atoms with van der Waals surface area (Å²) in [4.78, 5) is 14.4. The number of ketones is 1. The molecule has 0 saturated carbocycles. The quantitative estimate of drug-likeness (QED) is 0.772. The molecule has 0 spiro atoms. The minimum atomic E-state index is -2.91. The molecule has 1 saturated heterocycles. The molecule has 1 aliphatic rings. The van der Waals surface area contributed by atoms with Gasteiger partial charge in [-0.3, -0.25) is 9.69 Å². The molecule has 1 aromatic rings. The van der Waals surface area contributed by atoms with Crippen LogP contribution in [0.2, 0.25) is 0 Å². The van der Waals surface area contributed by atoms with Gasteiger partial charge in [0, 0.05) is 29.5 Å². The van der Waals surface area contributed by atoms with Crippen LogP contribution in [0.25, 0.3) is 0 Å². The summed E-state index contributed by atoms with van der Waals surface area (Å²) in [7, 11) is -1.08. The van der Waals surface area contributed by atoms with Crippen molar-refractivity contribution in [1.82, 2.24) is 9.47 Å². The lowest BCUT2D eigenvalue weighted by atomic mass is 10.1. The van der Waals surface area contributed by atoms with E-state index in [0.717, 1.165) is 23.5 Å². The fraction of sp³-hybridized carbons (Fsp3) is 0.667. The van der Waals surface area contributed by atoms with Gasteiger partial charge in [0.15, 0.2) is 15.6 Å². The molecule has 2 heterocycles. The summed E-state index contributed by atoms with van der Waals surface area (Å²) in [6, 6.07) is 1.90. The third-order valence-corrected chi connectivity index (χ3v) is 6.17. The van der Waals surface area contributed by atoms with E-state index in [9.17, 15) is 13.2 Å². The molecule has 0 aromatic carbocycles. The normalized spacial score (nSPS) is 21.1. The van der Waals surface area contributed by atoms with Gasteiger partial charge >= 0.3 is 0 Å². The molecule has 1 fully saturated rings. The number of carbonyl (C=O) groups is 1. The van der Waals surface area contributed by atoms with Crippen molar-refractivity contribution in [2.75, 3.05) is 25.1 Å². The number of Topliss-reactive ketones (excluding diaryl/α,β-unsaturated/α-hetero) is 1. The zero-order chi connectivity index (χ0) is 15.8. The summed E-state index contributed by atoms with van der Waals surface area (Å²) in [5.74, 6) is 0.472. The molecule has 2 rings (SSSR count). The first-order valence-corrected chi connectivity index (χ1v) is 9.18. The minimum Gasteiger partial charge on any atom is -0.349 e. The number of hydrogen-bond donors (Lipinski definition) is 0. The summed E-state index contributed by atoms with van der Waals surface area (Å²) in [6.07, 6.45) is 0.625. The minimum absolute atomic E-state index is 0.0337. The van der Waals surface area contributed by atoms with Gasteiger partial charge in [-0.05, 0) is 40.3 Å². The SMILES string of the molecule is CCn1c(C)cc(C(=O)CN(C)C2CCS(=O)(=O)C2)c1C. The molecular formula is C15H24N2O3S. The van der Waals surface area contributed by atoms with Crippen molar-refractivity contribution in [2.45, 2.75) is 39.8 Å². The van der Waals surface area contributed by atoms with Crippen LogP contribution in [-0.4, -0.2) is 54.8 Å². The molecular weight excluding hydrogens is 288 g/mol. The first-order chi connectivity index (χ1) is 9.75. The molecule has 1 atom stereocenters. The van der Waals surface area contributed by atoms with Crippen molar-refractivity contribution in [2.24, 2.45) is 0 Å². The Hall–Kier alpha value is -1.14. The van der Waals surface area contributed by atoms with E-state index in [0.29, 0.717) is 6.42 Å². The lowest BCUT2D eigenvalue weighted by Crippen LogP contribution is -2.36. The second-order valence-corrected chi connectivity index (χ2v) is 8.15. The molecule has 21 heavy (non-hydrogen) atoms. The van der Waals surface area contributed by atoms with Crippen LogP contribution in [0.3, 0.4) is 0 Å². The first-order valence-electron chi connectivity index (χ1n) is 7.35. The first kappa shape index (κ1) is 16.2. The van der Waals surface area contributed by atoms with E-state index in [4.69, 9.17) is 0 Å². The Morgan fingerprint density at radius 3 is 2.57 bits per heavy atom. The predicted octanol–water partition coefficient (Wildman–Crippen LogP) is 1.43. The number of aromatic nitrogens is 1. The van der Waals surface area contributed by atoms with E-state index in [-0.39, 0.29) is 29.9 Å². The van der Waals surface area contributed by atoms with Crippen LogP contribution in [-0.2, 0) is 16.4 Å². The van der Waals surface area contributed by atoms with Crippen molar-refractivity contribution >= 4 is 15.6 Å². The number of sulfone groups is 1. The second kappa shape index (κ2) is 5.93. The predicted molar refractivity (Wildman–Crippen MR) is 83.6 cm³/mol. The van der Waals surface area contributed by atoms with Gasteiger partial charge in [-0.1, -0.05) is 0 Å². The molecule has 0 bridgehead atoms. The van der Waals surface area contributed by atoms with Crippen molar-refractivity contribution in [1.29, 1.82) is 0 Å². The Balaban J connectivity index is 2.08. The average Bonchev–Trinajstić information content (AvgIpc) is 2.89. The van der Waals surface area contributed by atoms with Gasteiger partial charge in [-0.25, -0.2) is 8.42 Å². The maximum absolute atomic E-state index is 12.5. The highest BCUT2D eigenvalue weighted by atomic mass is 32.2. The molecule has 0 radical (unpaired) electrons. The average molecular weight is 312 g/mol. The lowest BCUT2D eigenvalue weighted by molar-refractivity contribution is 0.0926. The topological polar surface area (TPSA) is 59.4 Å². The Kier molecular flexibility index (Phi) is 4.58. The maximum Gasteiger partial charge on any atom is 0.178 e. The van der Waals surface area contributed by atoms with Crippen LogP contribution < -0.4 is 0 Å². The number of aryl methyl sites for hydroxylation is 1. The van der Waals surface area contributed by atoms with Gasteiger partial charge in [0.1, 0.15) is 0 Å². The van der Waals surface area contributed by atoms with Gasteiger partial charge in [-0.15, -0.1) is 0 Å². The lowest BCUT2D eigenvalue weighted by Gasteiger charge is -2.22. The molecule has 1 aliphatic heterocycles. The van der Waals surface area contributed by atoms with E-state index < -0.39 is 9.84 Å². The van der Waals surface area contributed by atoms with E-state index in [1.54, 1.807) is 0 Å². The van der Waals surface area contributed by atoms with E-state index >= 15 is 0 Å². The zero-order valence-electron chi connectivity index (χ0n) is 13.2. The smallest absolute Gasteiger partial charge is 0.178 e. The van der Waals surface area contributed by atoms with E-state index in [1.165, 1.54) is 0 Å². The molecule has 1 aromatic heterocycles. The van der Waals surface area contributed by atoms with E-state index in [1.807, 2.05) is 31.9 Å². The molecule has 1 unspecified atom stereocenters. The van der Waals surface area contributed by atoms with Crippen molar-refractivity contribution < 1.29 is 13.2 Å². The molecule has 0 aliphatic carbocycles. The molecule has 0 amide bonds. The van der Waals surface area contributed by atoms with Crippen LogP contribution in [0.1, 0.15) is 35.1 Å². The van der Waals surface area contributed by atoms with Gasteiger partial charge in [-0.2, -0.15) is 0 Å². The van der Waals surface area contributed by atoms with Crippen molar-refractivity contribution in [3.63, 3.8) is 0 Å². The monoisotopic (exact) mass is 312 g/mol. The number of nitrogens with zero attached hydrogens (tertiary/aromatic N) is 2. The number of likely N-dealkylation sites (N-methyl/N-ethyl adjacent to an activating group) is 1. The highest BCUT2D eigenvalue weighted by Crippen LogP contribution is 2.19. The third-order valence-electron chi connectivity index (χ3n) is 4.42. The molecule has 118 valence electrons. The van der Waals surface area contributed by atoms with Gasteiger partial charge in [0.25, 0.3) is 0 Å². The summed E-state index contributed by atoms with van der Waals surface area (Å²) in [5, 5.41) is 0. The Labute approximate surface area is 126 Å². The van der Waals surface area contributed by atoms with E-state index in [2.05, 4.69) is 11.5 Å². The summed E-state index contributed by atoms with van der Waals surface area (Å²) in [5.41, 5.74) is 2.83. The molecule has 6 heteroatoms. The second-order valence-electron chi connectivity index (χ2n) is 5.92.